The number of nitrogens with one attached hydrogen (secondary N) is 1. The number of hydrogen-bond acceptors (Lipinski definition) is 4. The topological polar surface area (TPSA) is 34.1 Å². The molecule has 1 N–H and O–H groups in total. The first-order valence-electron chi connectivity index (χ1n) is 6.16. The summed E-state index contributed by atoms with van der Waals surface area (Å²) in [6.45, 7) is 5.60. The van der Waals surface area contributed by atoms with E-state index in [1.807, 2.05) is 31.2 Å². The predicted molar refractivity (Wildman–Crippen MR) is 76.4 cm³/mol. The summed E-state index contributed by atoms with van der Waals surface area (Å²) in [7, 11) is 0. The lowest BCUT2D eigenvalue weighted by Crippen LogP contribution is -2.03. The highest BCUT2D eigenvalue weighted by atomic mass is 32.1. The lowest BCUT2D eigenvalue weighted by molar-refractivity contribution is 0.319. The van der Waals surface area contributed by atoms with Crippen molar-refractivity contribution in [2.45, 2.75) is 26.8 Å². The van der Waals surface area contributed by atoms with Crippen LogP contribution in [0.5, 0.6) is 5.75 Å². The van der Waals surface area contributed by atoms with Gasteiger partial charge >= 0.3 is 0 Å². The van der Waals surface area contributed by atoms with Gasteiger partial charge in [0.15, 0.2) is 0 Å². The van der Waals surface area contributed by atoms with E-state index in [2.05, 4.69) is 22.6 Å². The fraction of sp³-hybridized carbons (Fsp3) is 0.357. The van der Waals surface area contributed by atoms with Gasteiger partial charge in [0.05, 0.1) is 29.5 Å². The Morgan fingerprint density at radius 1 is 1.33 bits per heavy atom. The monoisotopic (exact) mass is 262 g/mol. The summed E-state index contributed by atoms with van der Waals surface area (Å²) in [5, 5.41) is 6.55. The molecule has 18 heavy (non-hydrogen) atoms. The highest BCUT2D eigenvalue weighted by Crippen LogP contribution is 2.24. The van der Waals surface area contributed by atoms with Gasteiger partial charge in [0, 0.05) is 5.38 Å². The summed E-state index contributed by atoms with van der Waals surface area (Å²) in [6, 6.07) is 8.02. The molecule has 0 fully saturated rings. The summed E-state index contributed by atoms with van der Waals surface area (Å²) >= 11 is 1.68. The molecule has 2 aromatic rings. The fourth-order valence-electron chi connectivity index (χ4n) is 1.63. The SMILES string of the molecule is CCCOc1ccccc1NCc1csc(C)n1. The van der Waals surface area contributed by atoms with Gasteiger partial charge in [-0.1, -0.05) is 19.1 Å². The van der Waals surface area contributed by atoms with Crippen LogP contribution in [-0.2, 0) is 6.54 Å². The van der Waals surface area contributed by atoms with E-state index >= 15 is 0 Å². The van der Waals surface area contributed by atoms with Gasteiger partial charge in [-0.2, -0.15) is 0 Å². The summed E-state index contributed by atoms with van der Waals surface area (Å²) in [5.41, 5.74) is 2.10. The molecule has 2 rings (SSSR count). The number of ether oxygens (including phenoxy) is 1. The maximum atomic E-state index is 5.70. The van der Waals surface area contributed by atoms with E-state index in [1.54, 1.807) is 11.3 Å². The first kappa shape index (κ1) is 12.9. The molecule has 0 unspecified atom stereocenters. The average Bonchev–Trinajstić information content (AvgIpc) is 2.81. The Bertz CT molecular complexity index is 496. The Balaban J connectivity index is 1.99. The third-order valence-electron chi connectivity index (χ3n) is 2.48. The van der Waals surface area contributed by atoms with Crippen LogP contribution in [0.15, 0.2) is 29.6 Å². The second-order valence-electron chi connectivity index (χ2n) is 4.06. The predicted octanol–water partition coefficient (Wildman–Crippen LogP) is 3.85. The molecule has 0 radical (unpaired) electrons. The van der Waals surface area contributed by atoms with Crippen LogP contribution >= 0.6 is 11.3 Å². The van der Waals surface area contributed by atoms with Crippen molar-refractivity contribution in [3.8, 4) is 5.75 Å². The van der Waals surface area contributed by atoms with Gasteiger partial charge in [0.2, 0.25) is 0 Å². The number of aromatic nitrogens is 1. The van der Waals surface area contributed by atoms with Crippen LogP contribution in [0, 0.1) is 6.92 Å². The maximum Gasteiger partial charge on any atom is 0.142 e. The Hall–Kier alpha value is -1.55. The summed E-state index contributed by atoms with van der Waals surface area (Å²) < 4.78 is 5.70. The molecule has 0 amide bonds. The van der Waals surface area contributed by atoms with E-state index in [0.29, 0.717) is 0 Å². The molecule has 96 valence electrons. The standard InChI is InChI=1S/C14H18N2OS/c1-3-8-17-14-7-5-4-6-13(14)15-9-12-10-18-11(2)16-12/h4-7,10,15H,3,8-9H2,1-2H3. The molecule has 0 aliphatic heterocycles. The van der Waals surface area contributed by atoms with E-state index in [1.165, 1.54) is 0 Å². The van der Waals surface area contributed by atoms with Gasteiger partial charge in [-0.25, -0.2) is 4.98 Å². The summed E-state index contributed by atoms with van der Waals surface area (Å²) in [5.74, 6) is 0.909. The largest absolute Gasteiger partial charge is 0.491 e. The van der Waals surface area contributed by atoms with Crippen LogP contribution in [-0.4, -0.2) is 11.6 Å². The molecular weight excluding hydrogens is 244 g/mol. The molecule has 0 atom stereocenters. The third kappa shape index (κ3) is 3.47. The highest BCUT2D eigenvalue weighted by molar-refractivity contribution is 7.09. The molecule has 1 aromatic heterocycles. The van der Waals surface area contributed by atoms with Crippen LogP contribution in [0.2, 0.25) is 0 Å². The molecule has 0 spiro atoms. The Morgan fingerprint density at radius 2 is 2.17 bits per heavy atom. The number of hydrogen-bond donors (Lipinski definition) is 1. The number of anilines is 1. The minimum Gasteiger partial charge on any atom is -0.491 e. The molecule has 0 bridgehead atoms. The summed E-state index contributed by atoms with van der Waals surface area (Å²) in [4.78, 5) is 4.43. The van der Waals surface area contributed by atoms with Crippen molar-refractivity contribution >= 4 is 17.0 Å². The van der Waals surface area contributed by atoms with Crippen LogP contribution in [0.4, 0.5) is 5.69 Å². The van der Waals surface area contributed by atoms with Crippen molar-refractivity contribution in [3.63, 3.8) is 0 Å². The Kier molecular flexibility index (Phi) is 4.59. The van der Waals surface area contributed by atoms with E-state index in [9.17, 15) is 0 Å². The van der Waals surface area contributed by atoms with Gasteiger partial charge in [-0.05, 0) is 25.5 Å². The van der Waals surface area contributed by atoms with Gasteiger partial charge in [-0.3, -0.25) is 0 Å². The second-order valence-corrected chi connectivity index (χ2v) is 5.12. The van der Waals surface area contributed by atoms with Crippen LogP contribution in [0.3, 0.4) is 0 Å². The quantitative estimate of drug-likeness (QED) is 0.858. The van der Waals surface area contributed by atoms with Crippen molar-refractivity contribution < 1.29 is 4.74 Å². The van der Waals surface area contributed by atoms with E-state index in [0.717, 1.165) is 41.7 Å². The first-order valence-corrected chi connectivity index (χ1v) is 7.04. The molecule has 0 saturated heterocycles. The zero-order valence-corrected chi connectivity index (χ0v) is 11.6. The van der Waals surface area contributed by atoms with Crippen LogP contribution < -0.4 is 10.1 Å². The number of aryl methyl sites for hydroxylation is 1. The lowest BCUT2D eigenvalue weighted by atomic mass is 10.3. The summed E-state index contributed by atoms with van der Waals surface area (Å²) in [6.07, 6.45) is 1.01. The minimum atomic E-state index is 0.733. The highest BCUT2D eigenvalue weighted by Gasteiger charge is 2.03. The third-order valence-corrected chi connectivity index (χ3v) is 3.30. The second kappa shape index (κ2) is 6.40. The fourth-order valence-corrected chi connectivity index (χ4v) is 2.24. The normalized spacial score (nSPS) is 10.3. The van der Waals surface area contributed by atoms with Gasteiger partial charge in [-0.15, -0.1) is 11.3 Å². The molecule has 1 aromatic carbocycles. The molecule has 4 heteroatoms. The smallest absolute Gasteiger partial charge is 0.142 e. The Morgan fingerprint density at radius 3 is 2.89 bits per heavy atom. The van der Waals surface area contributed by atoms with Crippen molar-refractivity contribution in [1.29, 1.82) is 0 Å². The van der Waals surface area contributed by atoms with Crippen molar-refractivity contribution in [2.24, 2.45) is 0 Å². The van der Waals surface area contributed by atoms with E-state index in [4.69, 9.17) is 4.74 Å². The van der Waals surface area contributed by atoms with Crippen molar-refractivity contribution in [3.05, 3.63) is 40.3 Å². The number of para-hydroxylation sites is 2. The first-order chi connectivity index (χ1) is 8.79. The molecule has 1 heterocycles. The van der Waals surface area contributed by atoms with E-state index < -0.39 is 0 Å². The number of nitrogens with zero attached hydrogens (tertiary/aromatic N) is 1. The number of benzene rings is 1. The molecule has 0 saturated carbocycles. The molecule has 3 nitrogen and oxygen atoms in total. The van der Waals surface area contributed by atoms with Gasteiger partial charge in [0.1, 0.15) is 5.75 Å². The van der Waals surface area contributed by atoms with Crippen LogP contribution in [0.25, 0.3) is 0 Å². The zero-order valence-electron chi connectivity index (χ0n) is 10.8. The minimum absolute atomic E-state index is 0.733. The van der Waals surface area contributed by atoms with Gasteiger partial charge < -0.3 is 10.1 Å². The number of thiazole rings is 1. The van der Waals surface area contributed by atoms with Crippen molar-refractivity contribution in [1.82, 2.24) is 4.98 Å². The number of rotatable bonds is 6. The maximum absolute atomic E-state index is 5.70. The molecular formula is C14H18N2OS. The average molecular weight is 262 g/mol. The van der Waals surface area contributed by atoms with E-state index in [-0.39, 0.29) is 0 Å². The van der Waals surface area contributed by atoms with Gasteiger partial charge in [0.25, 0.3) is 0 Å². The Labute approximate surface area is 112 Å². The lowest BCUT2D eigenvalue weighted by Gasteiger charge is -2.11. The zero-order chi connectivity index (χ0) is 12.8. The molecule has 0 aliphatic carbocycles. The van der Waals surface area contributed by atoms with Crippen molar-refractivity contribution in [2.75, 3.05) is 11.9 Å². The van der Waals surface area contributed by atoms with Crippen LogP contribution in [0.1, 0.15) is 24.0 Å². The molecule has 0 aliphatic rings.